The SMILES string of the molecule is CCCC1CCC(c2ccc(OCC)nn2)CC1. The van der Waals surface area contributed by atoms with E-state index in [1.807, 2.05) is 13.0 Å². The lowest BCUT2D eigenvalue weighted by atomic mass is 9.79. The Bertz CT molecular complexity index is 342. The number of ether oxygens (including phenoxy) is 1. The molecule has 0 saturated heterocycles. The summed E-state index contributed by atoms with van der Waals surface area (Å²) in [6, 6.07) is 4.03. The first kappa shape index (κ1) is 13.3. The van der Waals surface area contributed by atoms with Gasteiger partial charge in [-0.1, -0.05) is 19.8 Å². The van der Waals surface area contributed by atoms with E-state index in [0.29, 0.717) is 18.4 Å². The Morgan fingerprint density at radius 2 is 1.89 bits per heavy atom. The Balaban J connectivity index is 1.89. The molecule has 1 aromatic heterocycles. The molecule has 2 rings (SSSR count). The second kappa shape index (κ2) is 6.72. The van der Waals surface area contributed by atoms with Gasteiger partial charge in [-0.3, -0.25) is 0 Å². The van der Waals surface area contributed by atoms with Crippen molar-refractivity contribution in [2.24, 2.45) is 5.92 Å². The monoisotopic (exact) mass is 248 g/mol. The number of hydrogen-bond acceptors (Lipinski definition) is 3. The van der Waals surface area contributed by atoms with Crippen molar-refractivity contribution in [1.29, 1.82) is 0 Å². The molecule has 1 aromatic rings. The van der Waals surface area contributed by atoms with Gasteiger partial charge in [0.25, 0.3) is 0 Å². The van der Waals surface area contributed by atoms with Crippen LogP contribution in [0.25, 0.3) is 0 Å². The van der Waals surface area contributed by atoms with E-state index in [2.05, 4.69) is 23.2 Å². The first-order chi connectivity index (χ1) is 8.83. The zero-order chi connectivity index (χ0) is 12.8. The number of aromatic nitrogens is 2. The smallest absolute Gasteiger partial charge is 0.233 e. The minimum Gasteiger partial charge on any atom is -0.477 e. The van der Waals surface area contributed by atoms with E-state index in [-0.39, 0.29) is 0 Å². The van der Waals surface area contributed by atoms with Crippen LogP contribution in [0.1, 0.15) is 64.0 Å². The van der Waals surface area contributed by atoms with E-state index in [4.69, 9.17) is 4.74 Å². The van der Waals surface area contributed by atoms with E-state index >= 15 is 0 Å². The Kier molecular flexibility index (Phi) is 4.97. The summed E-state index contributed by atoms with van der Waals surface area (Å²) in [6.45, 7) is 4.89. The maximum Gasteiger partial charge on any atom is 0.233 e. The molecule has 0 aliphatic heterocycles. The fourth-order valence-electron chi connectivity index (χ4n) is 2.93. The summed E-state index contributed by atoms with van der Waals surface area (Å²) < 4.78 is 5.32. The molecule has 3 nitrogen and oxygen atoms in total. The summed E-state index contributed by atoms with van der Waals surface area (Å²) in [5, 5.41) is 8.44. The molecule has 100 valence electrons. The maximum atomic E-state index is 5.32. The summed E-state index contributed by atoms with van der Waals surface area (Å²) >= 11 is 0. The summed E-state index contributed by atoms with van der Waals surface area (Å²) in [7, 11) is 0. The minimum absolute atomic E-state index is 0.612. The maximum absolute atomic E-state index is 5.32. The molecule has 0 radical (unpaired) electrons. The summed E-state index contributed by atoms with van der Waals surface area (Å²) in [5.74, 6) is 2.20. The Morgan fingerprint density at radius 3 is 2.44 bits per heavy atom. The topological polar surface area (TPSA) is 35.0 Å². The highest BCUT2D eigenvalue weighted by Gasteiger charge is 2.22. The molecule has 0 bridgehead atoms. The van der Waals surface area contributed by atoms with Crippen molar-refractivity contribution in [3.05, 3.63) is 17.8 Å². The number of rotatable bonds is 5. The van der Waals surface area contributed by atoms with Crippen molar-refractivity contribution in [2.45, 2.75) is 58.3 Å². The van der Waals surface area contributed by atoms with E-state index in [1.165, 1.54) is 38.5 Å². The van der Waals surface area contributed by atoms with Gasteiger partial charge in [0, 0.05) is 12.0 Å². The predicted octanol–water partition coefficient (Wildman–Crippen LogP) is 3.95. The molecule has 0 aromatic carbocycles. The Labute approximate surface area is 110 Å². The molecule has 0 N–H and O–H groups in total. The van der Waals surface area contributed by atoms with Crippen LogP contribution < -0.4 is 4.74 Å². The van der Waals surface area contributed by atoms with Crippen LogP contribution in [0.3, 0.4) is 0 Å². The summed E-state index contributed by atoms with van der Waals surface area (Å²) in [6.07, 6.45) is 7.96. The average Bonchev–Trinajstić information content (AvgIpc) is 2.41. The highest BCUT2D eigenvalue weighted by atomic mass is 16.5. The van der Waals surface area contributed by atoms with Gasteiger partial charge in [0.1, 0.15) is 0 Å². The predicted molar refractivity (Wildman–Crippen MR) is 72.8 cm³/mol. The molecule has 0 unspecified atom stereocenters. The normalized spacial score (nSPS) is 23.9. The van der Waals surface area contributed by atoms with Crippen LogP contribution in [0.2, 0.25) is 0 Å². The summed E-state index contributed by atoms with van der Waals surface area (Å²) in [4.78, 5) is 0. The minimum atomic E-state index is 0.612. The molecular weight excluding hydrogens is 224 g/mol. The van der Waals surface area contributed by atoms with Gasteiger partial charge in [0.2, 0.25) is 5.88 Å². The molecule has 1 saturated carbocycles. The highest BCUT2D eigenvalue weighted by Crippen LogP contribution is 2.36. The van der Waals surface area contributed by atoms with Crippen LogP contribution >= 0.6 is 0 Å². The van der Waals surface area contributed by atoms with Crippen molar-refractivity contribution < 1.29 is 4.74 Å². The van der Waals surface area contributed by atoms with Crippen LogP contribution in [-0.4, -0.2) is 16.8 Å². The summed E-state index contributed by atoms with van der Waals surface area (Å²) in [5.41, 5.74) is 1.15. The fraction of sp³-hybridized carbons (Fsp3) is 0.733. The molecule has 18 heavy (non-hydrogen) atoms. The van der Waals surface area contributed by atoms with Gasteiger partial charge in [-0.2, -0.15) is 5.10 Å². The van der Waals surface area contributed by atoms with Crippen molar-refractivity contribution >= 4 is 0 Å². The molecule has 1 fully saturated rings. The quantitative estimate of drug-likeness (QED) is 0.791. The third-order valence-electron chi connectivity index (χ3n) is 3.91. The lowest BCUT2D eigenvalue weighted by Crippen LogP contribution is -2.14. The zero-order valence-electron chi connectivity index (χ0n) is 11.6. The zero-order valence-corrected chi connectivity index (χ0v) is 11.6. The number of hydrogen-bond donors (Lipinski definition) is 0. The molecule has 0 atom stereocenters. The van der Waals surface area contributed by atoms with Crippen molar-refractivity contribution in [3.63, 3.8) is 0 Å². The molecular formula is C15H24N2O. The molecule has 3 heteroatoms. The van der Waals surface area contributed by atoms with Gasteiger partial charge in [0.15, 0.2) is 0 Å². The molecule has 0 spiro atoms. The van der Waals surface area contributed by atoms with Gasteiger partial charge >= 0.3 is 0 Å². The third-order valence-corrected chi connectivity index (χ3v) is 3.91. The highest BCUT2D eigenvalue weighted by molar-refractivity contribution is 5.15. The van der Waals surface area contributed by atoms with Crippen molar-refractivity contribution in [2.75, 3.05) is 6.61 Å². The fourth-order valence-corrected chi connectivity index (χ4v) is 2.93. The van der Waals surface area contributed by atoms with Gasteiger partial charge < -0.3 is 4.74 Å². The molecule has 0 amide bonds. The van der Waals surface area contributed by atoms with Crippen LogP contribution in [-0.2, 0) is 0 Å². The number of nitrogens with zero attached hydrogens (tertiary/aromatic N) is 2. The van der Waals surface area contributed by atoms with Crippen molar-refractivity contribution in [3.8, 4) is 5.88 Å². The first-order valence-electron chi connectivity index (χ1n) is 7.29. The molecule has 1 aliphatic rings. The Morgan fingerprint density at radius 1 is 1.11 bits per heavy atom. The largest absolute Gasteiger partial charge is 0.477 e. The van der Waals surface area contributed by atoms with E-state index in [9.17, 15) is 0 Å². The van der Waals surface area contributed by atoms with Gasteiger partial charge in [0.05, 0.1) is 12.3 Å². The van der Waals surface area contributed by atoms with Gasteiger partial charge in [-0.25, -0.2) is 0 Å². The molecule has 1 heterocycles. The molecule has 1 aliphatic carbocycles. The van der Waals surface area contributed by atoms with Gasteiger partial charge in [-0.15, -0.1) is 5.10 Å². The van der Waals surface area contributed by atoms with Gasteiger partial charge in [-0.05, 0) is 44.6 Å². The lowest BCUT2D eigenvalue weighted by molar-refractivity contribution is 0.300. The van der Waals surface area contributed by atoms with Crippen LogP contribution in [0, 0.1) is 5.92 Å². The van der Waals surface area contributed by atoms with Crippen LogP contribution in [0.15, 0.2) is 12.1 Å². The van der Waals surface area contributed by atoms with E-state index in [1.54, 1.807) is 0 Å². The standard InChI is InChI=1S/C15H24N2O/c1-3-5-12-6-8-13(9-7-12)14-10-11-15(17-16-14)18-4-2/h10-13H,3-9H2,1-2H3. The van der Waals surface area contributed by atoms with Crippen molar-refractivity contribution in [1.82, 2.24) is 10.2 Å². The van der Waals surface area contributed by atoms with E-state index in [0.717, 1.165) is 11.6 Å². The lowest BCUT2D eigenvalue weighted by Gasteiger charge is -2.27. The second-order valence-corrected chi connectivity index (χ2v) is 5.24. The average molecular weight is 248 g/mol. The Hall–Kier alpha value is -1.12. The van der Waals surface area contributed by atoms with Crippen LogP contribution in [0.5, 0.6) is 5.88 Å². The van der Waals surface area contributed by atoms with Crippen LogP contribution in [0.4, 0.5) is 0 Å². The van der Waals surface area contributed by atoms with E-state index < -0.39 is 0 Å². The first-order valence-corrected chi connectivity index (χ1v) is 7.29. The second-order valence-electron chi connectivity index (χ2n) is 5.24. The third kappa shape index (κ3) is 3.44.